The number of nitrogens with zero attached hydrogens (tertiary/aromatic N) is 1. The summed E-state index contributed by atoms with van der Waals surface area (Å²) in [7, 11) is 0. The van der Waals surface area contributed by atoms with Crippen LogP contribution in [0.3, 0.4) is 0 Å². The Morgan fingerprint density at radius 3 is 2.87 bits per heavy atom. The Bertz CT molecular complexity index is 449. The molecule has 2 aromatic rings. The fourth-order valence-corrected chi connectivity index (χ4v) is 1.46. The van der Waals surface area contributed by atoms with Gasteiger partial charge in [-0.3, -0.25) is 0 Å². The van der Waals surface area contributed by atoms with Crippen LogP contribution >= 0.6 is 0 Å². The van der Waals surface area contributed by atoms with E-state index in [1.54, 1.807) is 12.1 Å². The van der Waals surface area contributed by atoms with E-state index in [0.717, 1.165) is 0 Å². The lowest BCUT2D eigenvalue weighted by Gasteiger charge is -2.08. The van der Waals surface area contributed by atoms with E-state index in [0.29, 0.717) is 16.8 Å². The first-order valence-corrected chi connectivity index (χ1v) is 4.78. The van der Waals surface area contributed by atoms with Crippen molar-refractivity contribution < 1.29 is 8.81 Å². The third kappa shape index (κ3) is 1.77. The van der Waals surface area contributed by atoms with Gasteiger partial charge in [0.25, 0.3) is 0 Å². The molecule has 0 amide bonds. The van der Waals surface area contributed by atoms with Gasteiger partial charge in [0.2, 0.25) is 0 Å². The van der Waals surface area contributed by atoms with E-state index in [1.807, 2.05) is 13.8 Å². The lowest BCUT2D eigenvalue weighted by Crippen LogP contribution is -1.95. The topological polar surface area (TPSA) is 26.0 Å². The van der Waals surface area contributed by atoms with E-state index in [9.17, 15) is 4.39 Å². The van der Waals surface area contributed by atoms with Crippen LogP contribution in [-0.2, 0) is 0 Å². The van der Waals surface area contributed by atoms with Crippen molar-refractivity contribution >= 4 is 0 Å². The molecule has 0 saturated carbocycles. The van der Waals surface area contributed by atoms with Gasteiger partial charge in [-0.15, -0.1) is 0 Å². The summed E-state index contributed by atoms with van der Waals surface area (Å²) >= 11 is 0. The second-order valence-electron chi connectivity index (χ2n) is 3.65. The first-order chi connectivity index (χ1) is 7.20. The van der Waals surface area contributed by atoms with Crippen molar-refractivity contribution in [3.8, 4) is 11.3 Å². The summed E-state index contributed by atoms with van der Waals surface area (Å²) in [5.41, 5.74) is 1.56. The summed E-state index contributed by atoms with van der Waals surface area (Å²) in [6, 6.07) is 6.27. The quantitative estimate of drug-likeness (QED) is 0.749. The molecule has 1 aromatic carbocycles. The zero-order chi connectivity index (χ0) is 10.8. The summed E-state index contributed by atoms with van der Waals surface area (Å²) in [5.74, 6) is -0.154. The maximum absolute atomic E-state index is 14.0. The Morgan fingerprint density at radius 1 is 1.47 bits per heavy atom. The lowest BCUT2D eigenvalue weighted by molar-refractivity contribution is 0.557. The van der Waals surface area contributed by atoms with Crippen LogP contribution in [0.15, 0.2) is 29.2 Å². The highest BCUT2D eigenvalue weighted by Crippen LogP contribution is 2.26. The zero-order valence-corrected chi connectivity index (χ0v) is 8.62. The Hall–Kier alpha value is -1.64. The molecule has 1 aromatic heterocycles. The van der Waals surface area contributed by atoms with Crippen molar-refractivity contribution in [2.45, 2.75) is 19.8 Å². The number of benzene rings is 1. The molecule has 0 N–H and O–H groups in total. The van der Waals surface area contributed by atoms with E-state index in [-0.39, 0.29) is 11.7 Å². The predicted molar refractivity (Wildman–Crippen MR) is 54.8 cm³/mol. The lowest BCUT2D eigenvalue weighted by atomic mass is 9.99. The van der Waals surface area contributed by atoms with Crippen LogP contribution in [0.25, 0.3) is 11.3 Å². The van der Waals surface area contributed by atoms with Crippen molar-refractivity contribution in [1.82, 2.24) is 4.98 Å². The summed E-state index contributed by atoms with van der Waals surface area (Å²) in [6.45, 7) is 3.86. The average molecular weight is 204 g/mol. The van der Waals surface area contributed by atoms with Crippen LogP contribution in [0.2, 0.25) is 0 Å². The molecule has 0 fully saturated rings. The van der Waals surface area contributed by atoms with Gasteiger partial charge in [-0.2, -0.15) is 0 Å². The van der Waals surface area contributed by atoms with Crippen LogP contribution in [0, 0.1) is 11.9 Å². The Labute approximate surface area is 87.8 Å². The molecule has 0 saturated heterocycles. The van der Waals surface area contributed by atoms with E-state index < -0.39 is 0 Å². The van der Waals surface area contributed by atoms with Gasteiger partial charge in [-0.05, 0) is 23.6 Å². The Morgan fingerprint density at radius 2 is 2.27 bits per heavy atom. The van der Waals surface area contributed by atoms with Gasteiger partial charge in [0.15, 0.2) is 6.39 Å². The molecule has 15 heavy (non-hydrogen) atoms. The van der Waals surface area contributed by atoms with Gasteiger partial charge < -0.3 is 4.42 Å². The van der Waals surface area contributed by atoms with Crippen LogP contribution < -0.4 is 0 Å². The molecule has 0 bridgehead atoms. The van der Waals surface area contributed by atoms with Crippen LogP contribution in [-0.4, -0.2) is 4.98 Å². The molecule has 3 heteroatoms. The van der Waals surface area contributed by atoms with Crippen molar-refractivity contribution in [3.05, 3.63) is 42.2 Å². The van der Waals surface area contributed by atoms with Gasteiger partial charge in [0.05, 0.1) is 0 Å². The Balaban J connectivity index is 2.54. The van der Waals surface area contributed by atoms with Crippen molar-refractivity contribution in [2.75, 3.05) is 0 Å². The minimum atomic E-state index is -0.263. The number of aromatic nitrogens is 1. The molecule has 77 valence electrons. The molecule has 2 rings (SSSR count). The van der Waals surface area contributed by atoms with Gasteiger partial charge in [0, 0.05) is 5.56 Å². The molecule has 0 aliphatic heterocycles. The standard InChI is InChI=1S/C12H11FNO/c1-8(2)9-4-3-5-10(12(9)13)11-6-15-7-14-11/h3,5-8H,1-2H3. The number of hydrogen-bond donors (Lipinski definition) is 0. The van der Waals surface area contributed by atoms with Crippen LogP contribution in [0.4, 0.5) is 4.39 Å². The monoisotopic (exact) mass is 204 g/mol. The number of hydrogen-bond acceptors (Lipinski definition) is 2. The molecule has 0 aliphatic carbocycles. The predicted octanol–water partition coefficient (Wildman–Crippen LogP) is 3.40. The van der Waals surface area contributed by atoms with E-state index in [2.05, 4.69) is 11.1 Å². The van der Waals surface area contributed by atoms with E-state index in [1.165, 1.54) is 12.7 Å². The molecule has 1 heterocycles. The summed E-state index contributed by atoms with van der Waals surface area (Å²) < 4.78 is 18.8. The molecule has 1 radical (unpaired) electrons. The van der Waals surface area contributed by atoms with Gasteiger partial charge in [-0.25, -0.2) is 9.37 Å². The summed E-state index contributed by atoms with van der Waals surface area (Å²) in [5, 5.41) is 0. The SMILES string of the molecule is CC(C)c1[c]ccc(-c2cocn2)c1F. The van der Waals surface area contributed by atoms with Crippen molar-refractivity contribution in [1.29, 1.82) is 0 Å². The molecular weight excluding hydrogens is 193 g/mol. The molecule has 0 aliphatic rings. The third-order valence-electron chi connectivity index (χ3n) is 2.25. The van der Waals surface area contributed by atoms with Crippen LogP contribution in [0.5, 0.6) is 0 Å². The second kappa shape index (κ2) is 3.85. The van der Waals surface area contributed by atoms with Gasteiger partial charge >= 0.3 is 0 Å². The van der Waals surface area contributed by atoms with Gasteiger partial charge in [0.1, 0.15) is 17.8 Å². The van der Waals surface area contributed by atoms with Crippen molar-refractivity contribution in [2.24, 2.45) is 0 Å². The van der Waals surface area contributed by atoms with Gasteiger partial charge in [-0.1, -0.05) is 19.9 Å². The largest absolute Gasteiger partial charge is 0.451 e. The number of oxazole rings is 1. The van der Waals surface area contributed by atoms with Crippen molar-refractivity contribution in [3.63, 3.8) is 0 Å². The highest BCUT2D eigenvalue weighted by molar-refractivity contribution is 5.59. The maximum atomic E-state index is 14.0. The fraction of sp³-hybridized carbons (Fsp3) is 0.250. The minimum absolute atomic E-state index is 0.108. The highest BCUT2D eigenvalue weighted by Gasteiger charge is 2.13. The number of halogens is 1. The van der Waals surface area contributed by atoms with Crippen LogP contribution in [0.1, 0.15) is 25.3 Å². The zero-order valence-electron chi connectivity index (χ0n) is 8.62. The molecular formula is C12H11FNO. The Kier molecular flexibility index (Phi) is 2.54. The smallest absolute Gasteiger partial charge is 0.181 e. The van der Waals surface area contributed by atoms with E-state index in [4.69, 9.17) is 4.42 Å². The molecule has 0 atom stereocenters. The maximum Gasteiger partial charge on any atom is 0.181 e. The second-order valence-corrected chi connectivity index (χ2v) is 3.65. The highest BCUT2D eigenvalue weighted by atomic mass is 19.1. The summed E-state index contributed by atoms with van der Waals surface area (Å²) in [6.07, 6.45) is 2.73. The van der Waals surface area contributed by atoms with E-state index >= 15 is 0 Å². The molecule has 0 spiro atoms. The first-order valence-electron chi connectivity index (χ1n) is 4.78. The first kappa shape index (κ1) is 9.90. The molecule has 0 unspecified atom stereocenters. The molecule has 2 nitrogen and oxygen atoms in total. The minimum Gasteiger partial charge on any atom is -0.451 e. The average Bonchev–Trinajstić information content (AvgIpc) is 2.70. The third-order valence-corrected chi connectivity index (χ3v) is 2.25. The normalized spacial score (nSPS) is 10.9. The summed E-state index contributed by atoms with van der Waals surface area (Å²) in [4.78, 5) is 3.93. The number of rotatable bonds is 2. The fourth-order valence-electron chi connectivity index (χ4n) is 1.46.